The van der Waals surface area contributed by atoms with Crippen LogP contribution in [0.3, 0.4) is 0 Å². The normalized spacial score (nSPS) is 10.9. The van der Waals surface area contributed by atoms with E-state index < -0.39 is 0 Å². The number of para-hydroxylation sites is 1. The van der Waals surface area contributed by atoms with Gasteiger partial charge in [-0.25, -0.2) is 14.8 Å². The molecule has 4 N–H and O–H groups in total. The van der Waals surface area contributed by atoms with Gasteiger partial charge in [0.25, 0.3) is 0 Å². The number of benzene rings is 2. The Morgan fingerprint density at radius 1 is 1.17 bits per heavy atom. The van der Waals surface area contributed by atoms with Gasteiger partial charge in [-0.05, 0) is 11.6 Å². The minimum atomic E-state index is -0.380. The van der Waals surface area contributed by atoms with Gasteiger partial charge in [0, 0.05) is 17.7 Å². The predicted octanol–water partition coefficient (Wildman–Crippen LogP) is 1.78. The van der Waals surface area contributed by atoms with Crippen molar-refractivity contribution in [3.05, 3.63) is 70.1 Å². The lowest BCUT2D eigenvalue weighted by molar-refractivity contribution is 0.408. The van der Waals surface area contributed by atoms with Crippen molar-refractivity contribution in [2.45, 2.75) is 13.1 Å². The highest BCUT2D eigenvalue weighted by molar-refractivity contribution is 5.90. The van der Waals surface area contributed by atoms with Gasteiger partial charge in [-0.2, -0.15) is 0 Å². The summed E-state index contributed by atoms with van der Waals surface area (Å²) in [7, 11) is 1.57. The number of aromatic amines is 1. The van der Waals surface area contributed by atoms with Crippen LogP contribution >= 0.6 is 0 Å². The molecule has 0 spiro atoms. The Kier molecular flexibility index (Phi) is 5.27. The Bertz CT molecular complexity index is 1260. The summed E-state index contributed by atoms with van der Waals surface area (Å²) in [5.41, 5.74) is 8.46. The summed E-state index contributed by atoms with van der Waals surface area (Å²) in [5.74, 6) is 1.19. The van der Waals surface area contributed by atoms with Gasteiger partial charge in [-0.3, -0.25) is 9.36 Å². The van der Waals surface area contributed by atoms with Crippen molar-refractivity contribution in [1.29, 1.82) is 0 Å². The summed E-state index contributed by atoms with van der Waals surface area (Å²) < 4.78 is 6.87. The fourth-order valence-electron chi connectivity index (χ4n) is 3.24. The van der Waals surface area contributed by atoms with E-state index in [1.165, 1.54) is 4.57 Å². The third kappa shape index (κ3) is 3.53. The second kappa shape index (κ2) is 8.18. The molecule has 0 saturated carbocycles. The third-order valence-corrected chi connectivity index (χ3v) is 4.76. The van der Waals surface area contributed by atoms with Gasteiger partial charge >= 0.3 is 12.1 Å². The molecule has 0 aliphatic heterocycles. The van der Waals surface area contributed by atoms with Crippen LogP contribution in [-0.2, 0) is 17.9 Å². The van der Waals surface area contributed by atoms with Gasteiger partial charge in [0.1, 0.15) is 11.3 Å². The van der Waals surface area contributed by atoms with Crippen molar-refractivity contribution in [3.8, 4) is 17.1 Å². The number of fused-ring (bicyclic) bond motifs is 1. The fraction of sp³-hybridized carbons (Fsp3) is 0.143. The number of rotatable bonds is 7. The summed E-state index contributed by atoms with van der Waals surface area (Å²) in [6.45, 7) is 0.652. The average molecular weight is 403 g/mol. The molecular weight excluding hydrogens is 384 g/mol. The molecule has 0 saturated heterocycles. The molecule has 0 unspecified atom stereocenters. The summed E-state index contributed by atoms with van der Waals surface area (Å²) in [4.78, 5) is 35.4. The van der Waals surface area contributed by atoms with Crippen LogP contribution in [0.25, 0.3) is 22.6 Å². The van der Waals surface area contributed by atoms with Crippen LogP contribution in [0.1, 0.15) is 11.1 Å². The number of methoxy groups -OCH3 is 1. The highest BCUT2D eigenvalue weighted by Crippen LogP contribution is 2.25. The first-order valence-electron chi connectivity index (χ1n) is 9.19. The van der Waals surface area contributed by atoms with Crippen LogP contribution < -0.4 is 21.5 Å². The van der Waals surface area contributed by atoms with Crippen molar-refractivity contribution in [2.24, 2.45) is 5.73 Å². The number of amides is 1. The van der Waals surface area contributed by atoms with Crippen molar-refractivity contribution in [1.82, 2.24) is 19.5 Å². The van der Waals surface area contributed by atoms with Crippen molar-refractivity contribution >= 4 is 23.4 Å². The van der Waals surface area contributed by atoms with E-state index in [2.05, 4.69) is 20.3 Å². The quantitative estimate of drug-likeness (QED) is 0.404. The molecule has 0 bridgehead atoms. The molecule has 4 aromatic rings. The first-order valence-corrected chi connectivity index (χ1v) is 9.19. The standard InChI is InChI=1S/C21H19N6O3/c1-30-16-5-3-2-4-15(16)11-27-20-17(24-21(27)29)19(23-12-28)25-18(26-20)14-8-6-13(10-22)7-9-14/h2-9H,10-11,22H2,1H3,(H,24,29)(H,23,25,26,28). The summed E-state index contributed by atoms with van der Waals surface area (Å²) in [6, 6.07) is 14.8. The number of nitrogens with zero attached hydrogens (tertiary/aromatic N) is 3. The van der Waals surface area contributed by atoms with E-state index in [-0.39, 0.29) is 18.1 Å². The van der Waals surface area contributed by atoms with E-state index in [4.69, 9.17) is 10.5 Å². The van der Waals surface area contributed by atoms with E-state index in [9.17, 15) is 9.59 Å². The van der Waals surface area contributed by atoms with Crippen LogP contribution in [0.5, 0.6) is 5.75 Å². The maximum atomic E-state index is 12.7. The lowest BCUT2D eigenvalue weighted by atomic mass is 10.1. The first-order chi connectivity index (χ1) is 14.6. The molecule has 0 aliphatic rings. The summed E-state index contributed by atoms with van der Waals surface area (Å²) in [5, 5.41) is 2.43. The van der Waals surface area contributed by atoms with Crippen LogP contribution in [0, 0.1) is 0 Å². The van der Waals surface area contributed by atoms with Gasteiger partial charge in [-0.1, -0.05) is 42.5 Å². The van der Waals surface area contributed by atoms with E-state index >= 15 is 0 Å². The molecule has 9 heteroatoms. The second-order valence-corrected chi connectivity index (χ2v) is 6.55. The molecule has 0 atom stereocenters. The number of imidazole rings is 1. The number of carbonyl (C=O) groups excluding carboxylic acids is 1. The first kappa shape index (κ1) is 19.3. The largest absolute Gasteiger partial charge is 0.496 e. The second-order valence-electron chi connectivity index (χ2n) is 6.55. The number of ether oxygens (including phenoxy) is 1. The van der Waals surface area contributed by atoms with Gasteiger partial charge in [-0.15, -0.1) is 0 Å². The van der Waals surface area contributed by atoms with Crippen LogP contribution in [0.4, 0.5) is 5.82 Å². The molecule has 2 aromatic carbocycles. The third-order valence-electron chi connectivity index (χ3n) is 4.76. The monoisotopic (exact) mass is 403 g/mol. The van der Waals surface area contributed by atoms with Crippen molar-refractivity contribution < 1.29 is 9.53 Å². The minimum Gasteiger partial charge on any atom is -0.496 e. The van der Waals surface area contributed by atoms with E-state index in [0.29, 0.717) is 29.3 Å². The molecule has 2 aromatic heterocycles. The molecular formula is C21H19N6O3. The topological polar surface area (TPSA) is 128 Å². The Balaban J connectivity index is 1.88. The number of aromatic nitrogens is 4. The SMILES string of the molecule is COc1ccccc1Cn1c(=O)[nH]c2c(N[C]=O)nc(-c3ccc(CN)cc3)nc21. The zero-order chi connectivity index (χ0) is 21.1. The van der Waals surface area contributed by atoms with Gasteiger partial charge in [0.05, 0.1) is 13.7 Å². The van der Waals surface area contributed by atoms with Gasteiger partial charge in [0.2, 0.25) is 0 Å². The zero-order valence-corrected chi connectivity index (χ0v) is 16.2. The number of H-pyrrole nitrogens is 1. The van der Waals surface area contributed by atoms with E-state index in [1.54, 1.807) is 13.5 Å². The number of anilines is 1. The van der Waals surface area contributed by atoms with Crippen LogP contribution in [-0.4, -0.2) is 33.0 Å². The van der Waals surface area contributed by atoms with Crippen molar-refractivity contribution in [3.63, 3.8) is 0 Å². The van der Waals surface area contributed by atoms with Gasteiger partial charge in [0.15, 0.2) is 17.3 Å². The maximum absolute atomic E-state index is 12.7. The lowest BCUT2D eigenvalue weighted by Crippen LogP contribution is -2.18. The number of hydrogen-bond donors (Lipinski definition) is 3. The lowest BCUT2D eigenvalue weighted by Gasteiger charge is -2.10. The molecule has 0 fully saturated rings. The number of nitrogens with two attached hydrogens (primary N) is 1. The van der Waals surface area contributed by atoms with Crippen LogP contribution in [0.15, 0.2) is 53.3 Å². The highest BCUT2D eigenvalue weighted by atomic mass is 16.5. The molecule has 1 radical (unpaired) electrons. The molecule has 0 aliphatic carbocycles. The van der Waals surface area contributed by atoms with Crippen molar-refractivity contribution in [2.75, 3.05) is 12.4 Å². The zero-order valence-electron chi connectivity index (χ0n) is 16.2. The Morgan fingerprint density at radius 2 is 1.93 bits per heavy atom. The summed E-state index contributed by atoms with van der Waals surface area (Å²) >= 11 is 0. The highest BCUT2D eigenvalue weighted by Gasteiger charge is 2.17. The Morgan fingerprint density at radius 3 is 2.63 bits per heavy atom. The minimum absolute atomic E-state index is 0.170. The predicted molar refractivity (Wildman–Crippen MR) is 113 cm³/mol. The average Bonchev–Trinajstić information content (AvgIpc) is 3.10. The maximum Gasteiger partial charge on any atom is 0.328 e. The van der Waals surface area contributed by atoms with Gasteiger partial charge < -0.3 is 20.8 Å². The van der Waals surface area contributed by atoms with E-state index in [0.717, 1.165) is 16.7 Å². The molecule has 2 heterocycles. The fourth-order valence-corrected chi connectivity index (χ4v) is 3.24. The molecule has 30 heavy (non-hydrogen) atoms. The smallest absolute Gasteiger partial charge is 0.328 e. The Hall–Kier alpha value is -3.98. The number of hydrogen-bond acceptors (Lipinski definition) is 6. The molecule has 4 rings (SSSR count). The Labute approximate surface area is 171 Å². The number of nitrogens with one attached hydrogen (secondary N) is 2. The van der Waals surface area contributed by atoms with E-state index in [1.807, 2.05) is 48.5 Å². The molecule has 1 amide bonds. The van der Waals surface area contributed by atoms with Crippen LogP contribution in [0.2, 0.25) is 0 Å². The summed E-state index contributed by atoms with van der Waals surface area (Å²) in [6.07, 6.45) is 1.61. The molecule has 9 nitrogen and oxygen atoms in total. The molecule has 151 valence electrons.